The number of carbonyl (C=O) groups excluding carboxylic acids is 3. The van der Waals surface area contributed by atoms with E-state index in [4.69, 9.17) is 4.74 Å². The van der Waals surface area contributed by atoms with Crippen molar-refractivity contribution in [3.63, 3.8) is 0 Å². The molecule has 1 fully saturated rings. The minimum absolute atomic E-state index is 0.111. The van der Waals surface area contributed by atoms with Crippen molar-refractivity contribution in [2.24, 2.45) is 0 Å². The van der Waals surface area contributed by atoms with Crippen molar-refractivity contribution in [2.45, 2.75) is 70.0 Å². The lowest BCUT2D eigenvalue weighted by Crippen LogP contribution is -2.52. The summed E-state index contributed by atoms with van der Waals surface area (Å²) >= 11 is 0. The molecule has 0 unspecified atom stereocenters. The summed E-state index contributed by atoms with van der Waals surface area (Å²) in [5.41, 5.74) is 2.38. The second-order valence-corrected chi connectivity index (χ2v) is 11.5. The van der Waals surface area contributed by atoms with Crippen molar-refractivity contribution < 1.29 is 27.5 Å². The summed E-state index contributed by atoms with van der Waals surface area (Å²) in [7, 11) is -2.21. The Labute approximate surface area is 218 Å². The molecule has 0 aromatic heterocycles. The van der Waals surface area contributed by atoms with Crippen molar-refractivity contribution in [1.82, 2.24) is 9.62 Å². The van der Waals surface area contributed by atoms with Crippen LogP contribution in [-0.4, -0.2) is 62.3 Å². The molecule has 2 aromatic carbocycles. The highest BCUT2D eigenvalue weighted by atomic mass is 32.2. The molecule has 9 nitrogen and oxygen atoms in total. The number of benzene rings is 2. The molecule has 0 radical (unpaired) electrons. The van der Waals surface area contributed by atoms with Gasteiger partial charge in [0.1, 0.15) is 12.1 Å². The molecule has 10 heteroatoms. The maximum Gasteiger partial charge on any atom is 0.329 e. The van der Waals surface area contributed by atoms with Gasteiger partial charge in [-0.25, -0.2) is 13.2 Å². The molecular formula is C27H35N3O6S. The molecule has 3 rings (SSSR count). The number of amides is 2. The highest BCUT2D eigenvalue weighted by molar-refractivity contribution is 7.89. The molecule has 1 saturated heterocycles. The first-order chi connectivity index (χ1) is 17.4. The van der Waals surface area contributed by atoms with Gasteiger partial charge < -0.3 is 15.0 Å². The van der Waals surface area contributed by atoms with Crippen molar-refractivity contribution in [3.8, 4) is 0 Å². The van der Waals surface area contributed by atoms with E-state index in [1.165, 1.54) is 28.3 Å². The van der Waals surface area contributed by atoms with E-state index in [9.17, 15) is 22.8 Å². The molecule has 0 bridgehead atoms. The van der Waals surface area contributed by atoms with Gasteiger partial charge in [0.2, 0.25) is 21.8 Å². The van der Waals surface area contributed by atoms with Crippen LogP contribution in [0.15, 0.2) is 53.4 Å². The summed E-state index contributed by atoms with van der Waals surface area (Å²) < 4.78 is 33.1. The smallest absolute Gasteiger partial charge is 0.329 e. The predicted octanol–water partition coefficient (Wildman–Crippen LogP) is 2.81. The summed E-state index contributed by atoms with van der Waals surface area (Å²) in [6, 6.07) is 11.7. The number of sulfonamides is 1. The Morgan fingerprint density at radius 1 is 1.08 bits per heavy atom. The first-order valence-corrected chi connectivity index (χ1v) is 13.8. The van der Waals surface area contributed by atoms with E-state index in [0.717, 1.165) is 11.1 Å². The molecule has 1 heterocycles. The third kappa shape index (κ3) is 6.95. The maximum absolute atomic E-state index is 13.3. The molecule has 2 atom stereocenters. The Morgan fingerprint density at radius 2 is 1.70 bits per heavy atom. The van der Waals surface area contributed by atoms with Crippen LogP contribution in [0.25, 0.3) is 0 Å². The fourth-order valence-electron chi connectivity index (χ4n) is 4.18. The number of nitrogens with zero attached hydrogens (tertiary/aromatic N) is 2. The summed E-state index contributed by atoms with van der Waals surface area (Å²) in [4.78, 5) is 39.5. The van der Waals surface area contributed by atoms with Crippen molar-refractivity contribution in [1.29, 1.82) is 0 Å². The van der Waals surface area contributed by atoms with Crippen molar-refractivity contribution >= 4 is 33.5 Å². The minimum Gasteiger partial charge on any atom is -0.461 e. The molecular weight excluding hydrogens is 494 g/mol. The summed E-state index contributed by atoms with van der Waals surface area (Å²) in [5.74, 6) is -1.24. The van der Waals surface area contributed by atoms with E-state index in [1.54, 1.807) is 57.3 Å². The van der Waals surface area contributed by atoms with Crippen molar-refractivity contribution in [2.75, 3.05) is 18.5 Å². The standard InChI is InChI=1S/C27H35N3O6S/c1-18(2)36-27(33)24(17-21-10-12-22(13-11-21)29(5)20(4)31)28-26(32)25-7-6-16-30(25)37(34,35)23-14-8-19(3)9-15-23/h8-15,18,24-25H,6-7,16-17H2,1-5H3,(H,28,32)/t24-,25-/m0/s1. The molecule has 2 amide bonds. The van der Waals surface area contributed by atoms with Crippen LogP contribution in [0.2, 0.25) is 0 Å². The fraction of sp³-hybridized carbons (Fsp3) is 0.444. The topological polar surface area (TPSA) is 113 Å². The van der Waals surface area contributed by atoms with Crippen molar-refractivity contribution in [3.05, 3.63) is 59.7 Å². The molecule has 1 aliphatic heterocycles. The first kappa shape index (κ1) is 28.3. The van der Waals surface area contributed by atoms with Crippen LogP contribution in [0.3, 0.4) is 0 Å². The molecule has 1 N–H and O–H groups in total. The third-order valence-corrected chi connectivity index (χ3v) is 8.24. The molecule has 37 heavy (non-hydrogen) atoms. The molecule has 0 saturated carbocycles. The average Bonchev–Trinajstić information content (AvgIpc) is 3.34. The summed E-state index contributed by atoms with van der Waals surface area (Å²) in [5, 5.41) is 2.75. The molecule has 2 aromatic rings. The quantitative estimate of drug-likeness (QED) is 0.500. The number of anilines is 1. The number of nitrogens with one attached hydrogen (secondary N) is 1. The molecule has 1 aliphatic rings. The van der Waals surface area contributed by atoms with Crippen LogP contribution in [0.4, 0.5) is 5.69 Å². The lowest BCUT2D eigenvalue weighted by molar-refractivity contribution is -0.151. The highest BCUT2D eigenvalue weighted by Gasteiger charge is 2.40. The zero-order valence-electron chi connectivity index (χ0n) is 21.9. The maximum atomic E-state index is 13.3. The van der Waals surface area contributed by atoms with E-state index in [2.05, 4.69) is 5.32 Å². The molecule has 0 spiro atoms. The highest BCUT2D eigenvalue weighted by Crippen LogP contribution is 2.27. The number of rotatable bonds is 9. The number of ether oxygens (including phenoxy) is 1. The van der Waals surface area contributed by atoms with Crippen LogP contribution in [0, 0.1) is 6.92 Å². The van der Waals surface area contributed by atoms with Gasteiger partial charge in [-0.05, 0) is 63.4 Å². The van der Waals surface area contributed by atoms with E-state index < -0.39 is 34.0 Å². The fourth-order valence-corrected chi connectivity index (χ4v) is 5.84. The average molecular weight is 530 g/mol. The number of carbonyl (C=O) groups is 3. The SMILES string of the molecule is CC(=O)N(C)c1ccc(C[C@H](NC(=O)[C@@H]2CCCN2S(=O)(=O)c2ccc(C)cc2)C(=O)OC(C)C)cc1. The van der Waals surface area contributed by atoms with Crippen LogP contribution in [0.5, 0.6) is 0 Å². The lowest BCUT2D eigenvalue weighted by Gasteiger charge is -2.26. The van der Waals surface area contributed by atoms with Gasteiger partial charge in [0.25, 0.3) is 0 Å². The predicted molar refractivity (Wildman–Crippen MR) is 140 cm³/mol. The van der Waals surface area contributed by atoms with Gasteiger partial charge in [0.05, 0.1) is 11.0 Å². The van der Waals surface area contributed by atoms with Gasteiger partial charge in [-0.1, -0.05) is 29.8 Å². The van der Waals surface area contributed by atoms with Gasteiger partial charge in [-0.3, -0.25) is 9.59 Å². The second-order valence-electron chi connectivity index (χ2n) is 9.58. The van der Waals surface area contributed by atoms with Crippen LogP contribution in [0.1, 0.15) is 44.7 Å². The summed E-state index contributed by atoms with van der Waals surface area (Å²) in [6.07, 6.45) is 0.659. The monoisotopic (exact) mass is 529 g/mol. The Balaban J connectivity index is 1.79. The van der Waals surface area contributed by atoms with E-state index in [1.807, 2.05) is 6.92 Å². The van der Waals surface area contributed by atoms with Crippen LogP contribution >= 0.6 is 0 Å². The van der Waals surface area contributed by atoms with Gasteiger partial charge >= 0.3 is 5.97 Å². The largest absolute Gasteiger partial charge is 0.461 e. The van der Waals surface area contributed by atoms with E-state index in [-0.39, 0.29) is 29.9 Å². The summed E-state index contributed by atoms with van der Waals surface area (Å²) in [6.45, 7) is 6.99. The zero-order valence-corrected chi connectivity index (χ0v) is 22.7. The Morgan fingerprint density at radius 3 is 2.27 bits per heavy atom. The first-order valence-electron chi connectivity index (χ1n) is 12.3. The molecule has 0 aliphatic carbocycles. The van der Waals surface area contributed by atoms with E-state index in [0.29, 0.717) is 18.5 Å². The van der Waals surface area contributed by atoms with Gasteiger partial charge in [0.15, 0.2) is 0 Å². The lowest BCUT2D eigenvalue weighted by atomic mass is 10.0. The Bertz CT molecular complexity index is 1230. The van der Waals surface area contributed by atoms with Gasteiger partial charge in [-0.2, -0.15) is 4.31 Å². The van der Waals surface area contributed by atoms with Crippen LogP contribution < -0.4 is 10.2 Å². The Kier molecular flexibility index (Phi) is 9.09. The Hall–Kier alpha value is -3.24. The number of hydrogen-bond donors (Lipinski definition) is 1. The second kappa shape index (κ2) is 11.9. The normalized spacial score (nSPS) is 16.9. The van der Waals surface area contributed by atoms with Gasteiger partial charge in [-0.15, -0.1) is 0 Å². The third-order valence-electron chi connectivity index (χ3n) is 6.32. The number of aryl methyl sites for hydroxylation is 1. The molecule has 200 valence electrons. The van der Waals surface area contributed by atoms with E-state index >= 15 is 0 Å². The zero-order chi connectivity index (χ0) is 27.3. The number of hydrogen-bond acceptors (Lipinski definition) is 6. The van der Waals surface area contributed by atoms with Crippen LogP contribution in [-0.2, 0) is 35.6 Å². The number of esters is 1. The minimum atomic E-state index is -3.88. The van der Waals surface area contributed by atoms with Gasteiger partial charge in [0, 0.05) is 32.6 Å².